The zero-order chi connectivity index (χ0) is 4.41. The fourth-order valence-corrected chi connectivity index (χ4v) is 0.385. The van der Waals surface area contributed by atoms with Gasteiger partial charge in [-0.25, -0.2) is 0 Å². The maximum atomic E-state index is 5.37. The van der Waals surface area contributed by atoms with Crippen molar-refractivity contribution in [3.8, 4) is 0 Å². The van der Waals surface area contributed by atoms with Gasteiger partial charge in [-0.2, -0.15) is 0 Å². The summed E-state index contributed by atoms with van der Waals surface area (Å²) in [6.45, 7) is 0. The Morgan fingerprint density at radius 1 is 1.83 bits per heavy atom. The molecule has 0 saturated heterocycles. The summed E-state index contributed by atoms with van der Waals surface area (Å²) in [5, 5.41) is 0.634. The zero-order valence-corrected chi connectivity index (χ0v) is 3.79. The molecule has 1 N–H and O–H groups in total. The highest BCUT2D eigenvalue weighted by Gasteiger charge is 1.77. The second kappa shape index (κ2) is 1.35. The molecule has 0 saturated carbocycles. The Kier molecular flexibility index (Phi) is 0.843. The predicted octanol–water partition coefficient (Wildman–Crippen LogP) is 1.47. The highest BCUT2D eigenvalue weighted by Crippen LogP contribution is 2.00. The van der Waals surface area contributed by atoms with Gasteiger partial charge in [0.25, 0.3) is 0 Å². The molecule has 1 aromatic heterocycles. The van der Waals surface area contributed by atoms with Crippen molar-refractivity contribution in [1.82, 2.24) is 4.98 Å². The molecule has 0 amide bonds. The minimum Gasteiger partial charge on any atom is -0.366 e. The van der Waals surface area contributed by atoms with E-state index in [9.17, 15) is 0 Å². The first-order valence-corrected chi connectivity index (χ1v) is 1.97. The lowest BCUT2D eigenvalue weighted by molar-refractivity contribution is 1.41. The molecule has 0 aliphatic carbocycles. The molecule has 0 atom stereocenters. The minimum absolute atomic E-state index is 0.634. The number of H-pyrrole nitrogens is 1. The van der Waals surface area contributed by atoms with Crippen molar-refractivity contribution >= 4 is 11.6 Å². The molecule has 2 heteroatoms. The van der Waals surface area contributed by atoms with Gasteiger partial charge in [0.1, 0.15) is 0 Å². The van der Waals surface area contributed by atoms with Gasteiger partial charge in [0, 0.05) is 18.5 Å². The Labute approximate surface area is 40.9 Å². The number of halogens is 1. The van der Waals surface area contributed by atoms with Crippen molar-refractivity contribution in [1.29, 1.82) is 0 Å². The van der Waals surface area contributed by atoms with Gasteiger partial charge < -0.3 is 4.98 Å². The summed E-state index contributed by atoms with van der Waals surface area (Å²) in [5.41, 5.74) is 0. The molecule has 0 fully saturated rings. The van der Waals surface area contributed by atoms with Gasteiger partial charge in [-0.05, 0) is 0 Å². The van der Waals surface area contributed by atoms with Crippen LogP contribution in [0.4, 0.5) is 0 Å². The molecule has 1 aromatic rings. The summed E-state index contributed by atoms with van der Waals surface area (Å²) >= 11 is 5.37. The summed E-state index contributed by atoms with van der Waals surface area (Å²) < 4.78 is 0. The quantitative estimate of drug-likeness (QED) is 0.508. The molecule has 1 heterocycles. The first kappa shape index (κ1) is 3.75. The molecule has 0 spiro atoms. The van der Waals surface area contributed by atoms with Gasteiger partial charge in [-0.3, -0.25) is 0 Å². The Morgan fingerprint density at radius 3 is 2.83 bits per heavy atom. The molecule has 0 bridgehead atoms. The molecule has 1 rings (SSSR count). The Hall–Kier alpha value is -0.430. The Balaban J connectivity index is 3.05. The fourth-order valence-electron chi connectivity index (χ4n) is 0.267. The molecule has 1 nitrogen and oxygen atoms in total. The number of hydrogen-bond donors (Lipinski definition) is 1. The third-order valence-corrected chi connectivity index (χ3v) is 0.722. The van der Waals surface area contributed by atoms with Crippen molar-refractivity contribution < 1.29 is 0 Å². The van der Waals surface area contributed by atoms with Gasteiger partial charge in [0.15, 0.2) is 0 Å². The second-order valence-corrected chi connectivity index (χ2v) is 1.35. The van der Waals surface area contributed by atoms with Crippen LogP contribution in [0.5, 0.6) is 0 Å². The van der Waals surface area contributed by atoms with Crippen LogP contribution in [0.3, 0.4) is 0 Å². The van der Waals surface area contributed by atoms with Crippen molar-refractivity contribution in [2.75, 3.05) is 0 Å². The third-order valence-electron chi connectivity index (χ3n) is 0.503. The van der Waals surface area contributed by atoms with Crippen LogP contribution in [0.15, 0.2) is 12.4 Å². The molecule has 0 unspecified atom stereocenters. The maximum absolute atomic E-state index is 5.37. The van der Waals surface area contributed by atoms with E-state index in [0.29, 0.717) is 5.02 Å². The van der Waals surface area contributed by atoms with Crippen LogP contribution in [0.1, 0.15) is 0 Å². The molecule has 6 heavy (non-hydrogen) atoms. The minimum atomic E-state index is 0.634. The number of nitrogens with one attached hydrogen (secondary N) is 1. The van der Waals surface area contributed by atoms with Crippen LogP contribution in [-0.4, -0.2) is 4.98 Å². The van der Waals surface area contributed by atoms with Crippen LogP contribution < -0.4 is 0 Å². The van der Waals surface area contributed by atoms with Gasteiger partial charge in [0.2, 0.25) is 0 Å². The SMILES string of the molecule is Clc1[c]c[nH]c1. The highest BCUT2D eigenvalue weighted by molar-refractivity contribution is 6.30. The molecule has 0 aliphatic rings. The summed E-state index contributed by atoms with van der Waals surface area (Å²) in [6, 6.07) is 2.71. The normalized spacial score (nSPS) is 8.83. The van der Waals surface area contributed by atoms with Gasteiger partial charge in [0.05, 0.1) is 5.02 Å². The summed E-state index contributed by atoms with van der Waals surface area (Å²) in [4.78, 5) is 2.74. The molecule has 0 aromatic carbocycles. The lowest BCUT2D eigenvalue weighted by Crippen LogP contribution is -1.41. The Bertz CT molecular complexity index is 111. The topological polar surface area (TPSA) is 15.8 Å². The van der Waals surface area contributed by atoms with E-state index in [-0.39, 0.29) is 0 Å². The van der Waals surface area contributed by atoms with E-state index in [1.54, 1.807) is 12.4 Å². The number of aromatic nitrogens is 1. The average molecular weight is 101 g/mol. The van der Waals surface area contributed by atoms with Crippen molar-refractivity contribution in [2.45, 2.75) is 0 Å². The van der Waals surface area contributed by atoms with E-state index in [1.165, 1.54) is 0 Å². The van der Waals surface area contributed by atoms with Gasteiger partial charge >= 0.3 is 0 Å². The van der Waals surface area contributed by atoms with Crippen LogP contribution in [0.2, 0.25) is 5.02 Å². The van der Waals surface area contributed by atoms with E-state index in [1.807, 2.05) is 0 Å². The fraction of sp³-hybridized carbons (Fsp3) is 0. The lowest BCUT2D eigenvalue weighted by Gasteiger charge is -1.61. The highest BCUT2D eigenvalue weighted by atomic mass is 35.5. The van der Waals surface area contributed by atoms with Gasteiger partial charge in [-0.15, -0.1) is 0 Å². The lowest BCUT2D eigenvalue weighted by atomic mass is 10.7. The second-order valence-electron chi connectivity index (χ2n) is 0.948. The summed E-state index contributed by atoms with van der Waals surface area (Å²) in [5.74, 6) is 0. The molecular weight excluding hydrogens is 97.5 g/mol. The van der Waals surface area contributed by atoms with Crippen molar-refractivity contribution in [3.63, 3.8) is 0 Å². The van der Waals surface area contributed by atoms with E-state index in [4.69, 9.17) is 11.6 Å². The third kappa shape index (κ3) is 0.546. The van der Waals surface area contributed by atoms with E-state index < -0.39 is 0 Å². The number of aromatic amines is 1. The van der Waals surface area contributed by atoms with Gasteiger partial charge in [-0.1, -0.05) is 11.6 Å². The van der Waals surface area contributed by atoms with E-state index >= 15 is 0 Å². The predicted molar refractivity (Wildman–Crippen MR) is 24.6 cm³/mol. The standard InChI is InChI=1S/C4H3ClN/c5-4-1-2-6-3-4/h2-3,6H. The summed E-state index contributed by atoms with van der Waals surface area (Å²) in [6.07, 6.45) is 3.32. The van der Waals surface area contributed by atoms with Crippen LogP contribution in [0.25, 0.3) is 0 Å². The Morgan fingerprint density at radius 2 is 2.67 bits per heavy atom. The van der Waals surface area contributed by atoms with E-state index in [0.717, 1.165) is 0 Å². The number of rotatable bonds is 0. The zero-order valence-electron chi connectivity index (χ0n) is 3.03. The first-order chi connectivity index (χ1) is 2.89. The monoisotopic (exact) mass is 100.0 g/mol. The molecule has 31 valence electrons. The van der Waals surface area contributed by atoms with Crippen LogP contribution >= 0.6 is 11.6 Å². The first-order valence-electron chi connectivity index (χ1n) is 1.59. The van der Waals surface area contributed by atoms with Crippen molar-refractivity contribution in [3.05, 3.63) is 23.5 Å². The van der Waals surface area contributed by atoms with E-state index in [2.05, 4.69) is 11.1 Å². The summed E-state index contributed by atoms with van der Waals surface area (Å²) in [7, 11) is 0. The molecular formula is C4H3ClN. The average Bonchev–Trinajstić information content (AvgIpc) is 1.86. The molecule has 0 aliphatic heterocycles. The van der Waals surface area contributed by atoms with Crippen LogP contribution in [-0.2, 0) is 0 Å². The van der Waals surface area contributed by atoms with Crippen molar-refractivity contribution in [2.24, 2.45) is 0 Å². The number of hydrogen-bond acceptors (Lipinski definition) is 0. The molecule has 1 radical (unpaired) electrons. The van der Waals surface area contributed by atoms with Crippen LogP contribution in [0, 0.1) is 6.07 Å². The smallest absolute Gasteiger partial charge is 0.0659 e. The maximum Gasteiger partial charge on any atom is 0.0659 e. The largest absolute Gasteiger partial charge is 0.366 e.